The summed E-state index contributed by atoms with van der Waals surface area (Å²) in [6, 6.07) is 10.3. The molecule has 0 aliphatic rings. The van der Waals surface area contributed by atoms with Gasteiger partial charge in [0, 0.05) is 12.2 Å². The molecule has 1 unspecified atom stereocenters. The molecular formula is C20H23F3N3O2+. The summed E-state index contributed by atoms with van der Waals surface area (Å²) in [7, 11) is 1.66. The van der Waals surface area contributed by atoms with Gasteiger partial charge >= 0.3 is 0 Å². The molecule has 2 N–H and O–H groups in total. The molecular weight excluding hydrogens is 371 g/mol. The average molecular weight is 394 g/mol. The summed E-state index contributed by atoms with van der Waals surface area (Å²) in [6.45, 7) is 3.85. The number of likely N-dealkylation sites (N-methyl/N-ethyl adjacent to an activating group) is 2. The van der Waals surface area contributed by atoms with Crippen LogP contribution in [0.4, 0.5) is 24.5 Å². The van der Waals surface area contributed by atoms with Crippen molar-refractivity contribution >= 4 is 23.2 Å². The van der Waals surface area contributed by atoms with Crippen molar-refractivity contribution in [3.63, 3.8) is 0 Å². The van der Waals surface area contributed by atoms with Crippen LogP contribution in [-0.2, 0) is 9.59 Å². The number of carbonyl (C=O) groups is 2. The van der Waals surface area contributed by atoms with Crippen LogP contribution in [-0.4, -0.2) is 38.0 Å². The Bertz CT molecular complexity index is 846. The molecule has 2 atom stereocenters. The van der Waals surface area contributed by atoms with Gasteiger partial charge in [0.25, 0.3) is 11.8 Å². The number of nitrogens with zero attached hydrogens (tertiary/aromatic N) is 1. The molecule has 28 heavy (non-hydrogen) atoms. The topological polar surface area (TPSA) is 53.9 Å². The third-order valence-corrected chi connectivity index (χ3v) is 4.51. The first-order valence-electron chi connectivity index (χ1n) is 8.88. The van der Waals surface area contributed by atoms with Crippen molar-refractivity contribution in [1.29, 1.82) is 0 Å². The Morgan fingerprint density at radius 1 is 1.07 bits per heavy atom. The summed E-state index contributed by atoms with van der Waals surface area (Å²) in [5.74, 6) is -5.24. The molecule has 2 aromatic rings. The Morgan fingerprint density at radius 3 is 2.32 bits per heavy atom. The van der Waals surface area contributed by atoms with Crippen LogP contribution >= 0.6 is 0 Å². The van der Waals surface area contributed by atoms with Gasteiger partial charge in [-0.2, -0.15) is 0 Å². The second-order valence-electron chi connectivity index (χ2n) is 6.43. The number of amides is 2. The van der Waals surface area contributed by atoms with Crippen molar-refractivity contribution < 1.29 is 27.7 Å². The molecule has 150 valence electrons. The third kappa shape index (κ3) is 4.89. The van der Waals surface area contributed by atoms with E-state index >= 15 is 0 Å². The Morgan fingerprint density at radius 2 is 1.71 bits per heavy atom. The predicted octanol–water partition coefficient (Wildman–Crippen LogP) is 2.00. The van der Waals surface area contributed by atoms with Crippen molar-refractivity contribution in [3.8, 4) is 0 Å². The van der Waals surface area contributed by atoms with E-state index in [4.69, 9.17) is 0 Å². The minimum absolute atomic E-state index is 0.155. The fraction of sp³-hybridized carbons (Fsp3) is 0.300. The quantitative estimate of drug-likeness (QED) is 0.706. The first kappa shape index (κ1) is 21.4. The van der Waals surface area contributed by atoms with Gasteiger partial charge in [0.05, 0.1) is 12.7 Å². The Hall–Kier alpha value is -2.87. The van der Waals surface area contributed by atoms with Crippen LogP contribution in [0.3, 0.4) is 0 Å². The zero-order chi connectivity index (χ0) is 20.8. The molecule has 0 aliphatic heterocycles. The number of hydrogen-bond acceptors (Lipinski definition) is 2. The standard InChI is InChI=1S/C20H22F3N3O2/c1-4-26(14-8-6-5-7-9-14)20(28)13(2)25(3)12-17(27)24-16-11-10-15(21)18(22)19(16)23/h5-11,13H,4,12H2,1-3H3,(H,24,27)/p+1/t13-/m0/s1. The fourth-order valence-corrected chi connectivity index (χ4v) is 2.74. The smallest absolute Gasteiger partial charge is 0.284 e. The van der Waals surface area contributed by atoms with Crippen molar-refractivity contribution in [2.75, 3.05) is 30.4 Å². The van der Waals surface area contributed by atoms with E-state index in [1.807, 2.05) is 37.3 Å². The number of quaternary nitrogens is 1. The van der Waals surface area contributed by atoms with Gasteiger partial charge in [0.2, 0.25) is 0 Å². The van der Waals surface area contributed by atoms with E-state index in [1.165, 1.54) is 0 Å². The maximum Gasteiger partial charge on any atom is 0.284 e. The van der Waals surface area contributed by atoms with Crippen LogP contribution in [0.15, 0.2) is 42.5 Å². The Kier molecular flexibility index (Phi) is 7.17. The summed E-state index contributed by atoms with van der Waals surface area (Å²) in [4.78, 5) is 27.2. The van der Waals surface area contributed by atoms with E-state index in [0.29, 0.717) is 11.4 Å². The number of halogens is 3. The summed E-state index contributed by atoms with van der Waals surface area (Å²) < 4.78 is 39.9. The zero-order valence-corrected chi connectivity index (χ0v) is 15.9. The molecule has 2 rings (SSSR count). The summed E-state index contributed by atoms with van der Waals surface area (Å²) in [5.41, 5.74) is 0.304. The van der Waals surface area contributed by atoms with Crippen LogP contribution in [0.1, 0.15) is 13.8 Å². The zero-order valence-electron chi connectivity index (χ0n) is 15.9. The highest BCUT2D eigenvalue weighted by Crippen LogP contribution is 2.19. The average Bonchev–Trinajstić information content (AvgIpc) is 2.69. The van der Waals surface area contributed by atoms with E-state index in [-0.39, 0.29) is 12.5 Å². The first-order chi connectivity index (χ1) is 13.3. The van der Waals surface area contributed by atoms with Crippen LogP contribution in [0.25, 0.3) is 0 Å². The second-order valence-corrected chi connectivity index (χ2v) is 6.43. The molecule has 0 bridgehead atoms. The van der Waals surface area contributed by atoms with Gasteiger partial charge in [-0.05, 0) is 38.1 Å². The van der Waals surface area contributed by atoms with Crippen LogP contribution in [0, 0.1) is 17.5 Å². The SMILES string of the molecule is CCN(C(=O)[C@H](C)[NH+](C)CC(=O)Nc1ccc(F)c(F)c1F)c1ccccc1. The fourth-order valence-electron chi connectivity index (χ4n) is 2.74. The van der Waals surface area contributed by atoms with Crippen molar-refractivity contribution in [3.05, 3.63) is 59.9 Å². The molecule has 0 fully saturated rings. The molecule has 0 saturated carbocycles. The van der Waals surface area contributed by atoms with Gasteiger partial charge in [-0.15, -0.1) is 0 Å². The van der Waals surface area contributed by atoms with E-state index < -0.39 is 35.1 Å². The first-order valence-corrected chi connectivity index (χ1v) is 8.88. The van der Waals surface area contributed by atoms with Crippen LogP contribution in [0.2, 0.25) is 0 Å². The summed E-state index contributed by atoms with van der Waals surface area (Å²) in [5, 5.41) is 2.21. The molecule has 0 heterocycles. The molecule has 0 aliphatic carbocycles. The minimum atomic E-state index is -1.65. The van der Waals surface area contributed by atoms with Gasteiger partial charge in [-0.3, -0.25) is 9.59 Å². The van der Waals surface area contributed by atoms with Gasteiger partial charge in [0.15, 0.2) is 30.0 Å². The third-order valence-electron chi connectivity index (χ3n) is 4.51. The Labute approximate surface area is 161 Å². The number of rotatable bonds is 7. The molecule has 2 aromatic carbocycles. The number of carbonyl (C=O) groups excluding carboxylic acids is 2. The highest BCUT2D eigenvalue weighted by Gasteiger charge is 2.29. The summed E-state index contributed by atoms with van der Waals surface area (Å²) >= 11 is 0. The van der Waals surface area contributed by atoms with Crippen molar-refractivity contribution in [1.82, 2.24) is 0 Å². The lowest BCUT2D eigenvalue weighted by Crippen LogP contribution is -3.15. The predicted molar refractivity (Wildman–Crippen MR) is 101 cm³/mol. The van der Waals surface area contributed by atoms with Gasteiger partial charge in [0.1, 0.15) is 0 Å². The number of hydrogen-bond donors (Lipinski definition) is 2. The molecule has 0 radical (unpaired) electrons. The highest BCUT2D eigenvalue weighted by molar-refractivity contribution is 5.96. The minimum Gasteiger partial charge on any atom is -0.320 e. The normalized spacial score (nSPS) is 12.9. The van der Waals surface area contributed by atoms with E-state index in [9.17, 15) is 22.8 Å². The number of nitrogens with one attached hydrogen (secondary N) is 2. The van der Waals surface area contributed by atoms with Gasteiger partial charge in [-0.1, -0.05) is 18.2 Å². The van der Waals surface area contributed by atoms with Crippen LogP contribution < -0.4 is 15.1 Å². The largest absolute Gasteiger partial charge is 0.320 e. The number of para-hydroxylation sites is 1. The van der Waals surface area contributed by atoms with Crippen molar-refractivity contribution in [2.45, 2.75) is 19.9 Å². The van der Waals surface area contributed by atoms with Crippen molar-refractivity contribution in [2.24, 2.45) is 0 Å². The summed E-state index contributed by atoms with van der Waals surface area (Å²) in [6.07, 6.45) is 0. The highest BCUT2D eigenvalue weighted by atomic mass is 19.2. The van der Waals surface area contributed by atoms with Gasteiger partial charge in [-0.25, -0.2) is 13.2 Å². The number of anilines is 2. The molecule has 5 nitrogen and oxygen atoms in total. The molecule has 0 saturated heterocycles. The van der Waals surface area contributed by atoms with Crippen LogP contribution in [0.5, 0.6) is 0 Å². The van der Waals surface area contributed by atoms with E-state index in [1.54, 1.807) is 18.9 Å². The van der Waals surface area contributed by atoms with E-state index in [2.05, 4.69) is 5.32 Å². The lowest BCUT2D eigenvalue weighted by Gasteiger charge is -2.27. The lowest BCUT2D eigenvalue weighted by atomic mass is 10.2. The molecule has 0 spiro atoms. The monoisotopic (exact) mass is 394 g/mol. The molecule has 8 heteroatoms. The Balaban J connectivity index is 2.03. The molecule has 0 aromatic heterocycles. The molecule has 2 amide bonds. The lowest BCUT2D eigenvalue weighted by molar-refractivity contribution is -0.885. The van der Waals surface area contributed by atoms with Gasteiger partial charge < -0.3 is 15.1 Å². The number of benzene rings is 2. The second kappa shape index (κ2) is 9.36. The maximum absolute atomic E-state index is 13.7. The van der Waals surface area contributed by atoms with E-state index in [0.717, 1.165) is 17.8 Å². The maximum atomic E-state index is 13.7.